The fourth-order valence-electron chi connectivity index (χ4n) is 1.32. The van der Waals surface area contributed by atoms with Gasteiger partial charge in [-0.05, 0) is 34.1 Å². The molecule has 0 radical (unpaired) electrons. The van der Waals surface area contributed by atoms with E-state index < -0.39 is 5.60 Å². The highest BCUT2D eigenvalue weighted by Gasteiger charge is 2.17. The second-order valence-corrected chi connectivity index (χ2v) is 5.04. The van der Waals surface area contributed by atoms with E-state index in [4.69, 9.17) is 4.74 Å². The first kappa shape index (κ1) is 14.7. The molecule has 0 aliphatic rings. The molecule has 1 rings (SSSR count). The lowest BCUT2D eigenvalue weighted by atomic mass is 10.0. The highest BCUT2D eigenvalue weighted by molar-refractivity contribution is 5.31. The van der Waals surface area contributed by atoms with Crippen LogP contribution in [-0.2, 0) is 0 Å². The van der Waals surface area contributed by atoms with Gasteiger partial charge >= 0.3 is 0 Å². The third-order valence-corrected chi connectivity index (χ3v) is 2.58. The molecule has 0 aromatic carbocycles. The molecule has 5 heteroatoms. The predicted molar refractivity (Wildman–Crippen MR) is 71.9 cm³/mol. The van der Waals surface area contributed by atoms with Crippen molar-refractivity contribution in [3.8, 4) is 5.88 Å². The van der Waals surface area contributed by atoms with Gasteiger partial charge in [-0.15, -0.1) is 0 Å². The van der Waals surface area contributed by atoms with Gasteiger partial charge in [-0.25, -0.2) is 4.98 Å². The van der Waals surface area contributed by atoms with Crippen molar-refractivity contribution in [2.24, 2.45) is 0 Å². The third kappa shape index (κ3) is 4.87. The standard InChI is InChI=1S/C13H23N3O2/c1-6-13(5,17)8-14-12-15-10(4)7-11(16-12)18-9(2)3/h7,9,17H,6,8H2,1-5H3,(H,14,15,16). The molecule has 1 atom stereocenters. The van der Waals surface area contributed by atoms with E-state index in [1.54, 1.807) is 13.0 Å². The van der Waals surface area contributed by atoms with E-state index in [2.05, 4.69) is 15.3 Å². The van der Waals surface area contributed by atoms with Crippen LogP contribution in [0.15, 0.2) is 6.07 Å². The van der Waals surface area contributed by atoms with Crippen LogP contribution in [0.3, 0.4) is 0 Å². The van der Waals surface area contributed by atoms with E-state index in [-0.39, 0.29) is 6.10 Å². The number of aromatic nitrogens is 2. The van der Waals surface area contributed by atoms with Crippen molar-refractivity contribution in [1.82, 2.24) is 9.97 Å². The summed E-state index contributed by atoms with van der Waals surface area (Å²) in [6, 6.07) is 1.79. The van der Waals surface area contributed by atoms with E-state index in [9.17, 15) is 5.11 Å². The zero-order chi connectivity index (χ0) is 13.8. The normalized spacial score (nSPS) is 14.4. The van der Waals surface area contributed by atoms with Gasteiger partial charge in [0.2, 0.25) is 11.8 Å². The van der Waals surface area contributed by atoms with Gasteiger partial charge in [0.25, 0.3) is 0 Å². The first-order chi connectivity index (χ1) is 8.32. The monoisotopic (exact) mass is 253 g/mol. The molecule has 0 bridgehead atoms. The Morgan fingerprint density at radius 1 is 1.44 bits per heavy atom. The van der Waals surface area contributed by atoms with Crippen molar-refractivity contribution >= 4 is 5.95 Å². The molecule has 1 aromatic rings. The third-order valence-electron chi connectivity index (χ3n) is 2.58. The molecule has 2 N–H and O–H groups in total. The summed E-state index contributed by atoms with van der Waals surface area (Å²) in [6.07, 6.45) is 0.743. The molecule has 0 spiro atoms. The lowest BCUT2D eigenvalue weighted by molar-refractivity contribution is 0.0695. The Balaban J connectivity index is 2.74. The Labute approximate surface area is 109 Å². The van der Waals surface area contributed by atoms with Gasteiger partial charge in [0.1, 0.15) is 0 Å². The highest BCUT2D eigenvalue weighted by atomic mass is 16.5. The highest BCUT2D eigenvalue weighted by Crippen LogP contribution is 2.15. The maximum Gasteiger partial charge on any atom is 0.226 e. The van der Waals surface area contributed by atoms with Crippen molar-refractivity contribution in [2.75, 3.05) is 11.9 Å². The average molecular weight is 253 g/mol. The number of aliphatic hydroxyl groups is 1. The minimum Gasteiger partial charge on any atom is -0.475 e. The van der Waals surface area contributed by atoms with Crippen LogP contribution in [0.4, 0.5) is 5.95 Å². The zero-order valence-electron chi connectivity index (χ0n) is 11.8. The summed E-state index contributed by atoms with van der Waals surface area (Å²) in [7, 11) is 0. The summed E-state index contributed by atoms with van der Waals surface area (Å²) in [5, 5.41) is 13.0. The number of hydrogen-bond acceptors (Lipinski definition) is 5. The first-order valence-electron chi connectivity index (χ1n) is 6.31. The second kappa shape index (κ2) is 6.00. The van der Waals surface area contributed by atoms with Crippen LogP contribution in [0.1, 0.15) is 39.8 Å². The molecule has 5 nitrogen and oxygen atoms in total. The van der Waals surface area contributed by atoms with Crippen molar-refractivity contribution < 1.29 is 9.84 Å². The van der Waals surface area contributed by atoms with Crippen LogP contribution < -0.4 is 10.1 Å². The van der Waals surface area contributed by atoms with Crippen molar-refractivity contribution in [2.45, 2.75) is 52.7 Å². The average Bonchev–Trinajstić information content (AvgIpc) is 2.25. The maximum atomic E-state index is 9.92. The molecule has 0 aliphatic carbocycles. The molecule has 102 valence electrons. The molecule has 0 aliphatic heterocycles. The molecule has 0 saturated heterocycles. The molecule has 1 aromatic heterocycles. The van der Waals surface area contributed by atoms with Crippen LogP contribution in [0.2, 0.25) is 0 Å². The molecular formula is C13H23N3O2. The fourth-order valence-corrected chi connectivity index (χ4v) is 1.32. The van der Waals surface area contributed by atoms with Gasteiger partial charge < -0.3 is 15.2 Å². The van der Waals surface area contributed by atoms with Crippen molar-refractivity contribution in [1.29, 1.82) is 0 Å². The summed E-state index contributed by atoms with van der Waals surface area (Å²) in [6.45, 7) is 9.92. The summed E-state index contributed by atoms with van der Waals surface area (Å²) in [4.78, 5) is 8.52. The Hall–Kier alpha value is -1.36. The number of hydrogen-bond donors (Lipinski definition) is 2. The Morgan fingerprint density at radius 3 is 2.67 bits per heavy atom. The zero-order valence-corrected chi connectivity index (χ0v) is 11.8. The van der Waals surface area contributed by atoms with Gasteiger partial charge in [0, 0.05) is 18.3 Å². The minimum atomic E-state index is -0.758. The predicted octanol–water partition coefficient (Wildman–Crippen LogP) is 2.15. The maximum absolute atomic E-state index is 9.92. The molecule has 1 unspecified atom stereocenters. The van der Waals surface area contributed by atoms with Gasteiger partial charge in [0.05, 0.1) is 11.7 Å². The minimum absolute atomic E-state index is 0.0749. The summed E-state index contributed by atoms with van der Waals surface area (Å²) >= 11 is 0. The van der Waals surface area contributed by atoms with Crippen LogP contribution in [0.5, 0.6) is 5.88 Å². The molecule has 1 heterocycles. The molecule has 0 amide bonds. The van der Waals surface area contributed by atoms with Crippen LogP contribution in [0, 0.1) is 6.92 Å². The number of nitrogens with zero attached hydrogens (tertiary/aromatic N) is 2. The molecule has 0 saturated carbocycles. The smallest absolute Gasteiger partial charge is 0.226 e. The summed E-state index contributed by atoms with van der Waals surface area (Å²) < 4.78 is 5.54. The van der Waals surface area contributed by atoms with E-state index in [1.807, 2.05) is 27.7 Å². The molecular weight excluding hydrogens is 230 g/mol. The quantitative estimate of drug-likeness (QED) is 0.813. The topological polar surface area (TPSA) is 67.3 Å². The van der Waals surface area contributed by atoms with E-state index >= 15 is 0 Å². The van der Waals surface area contributed by atoms with Gasteiger partial charge in [0.15, 0.2) is 0 Å². The van der Waals surface area contributed by atoms with E-state index in [0.717, 1.165) is 5.69 Å². The first-order valence-corrected chi connectivity index (χ1v) is 6.31. The second-order valence-electron chi connectivity index (χ2n) is 5.04. The van der Waals surface area contributed by atoms with Crippen molar-refractivity contribution in [3.63, 3.8) is 0 Å². The number of ether oxygens (including phenoxy) is 1. The van der Waals surface area contributed by atoms with E-state index in [0.29, 0.717) is 24.8 Å². The summed E-state index contributed by atoms with van der Waals surface area (Å²) in [5.74, 6) is 1.04. The van der Waals surface area contributed by atoms with Crippen LogP contribution in [0.25, 0.3) is 0 Å². The Bertz CT molecular complexity index is 392. The summed E-state index contributed by atoms with van der Waals surface area (Å²) in [5.41, 5.74) is 0.0749. The number of aryl methyl sites for hydroxylation is 1. The Kier molecular flexibility index (Phi) is 4.90. The van der Waals surface area contributed by atoms with Gasteiger partial charge in [-0.2, -0.15) is 4.98 Å². The largest absolute Gasteiger partial charge is 0.475 e. The van der Waals surface area contributed by atoms with Gasteiger partial charge in [-0.1, -0.05) is 6.92 Å². The van der Waals surface area contributed by atoms with Gasteiger partial charge in [-0.3, -0.25) is 0 Å². The Morgan fingerprint density at radius 2 is 2.11 bits per heavy atom. The molecule has 18 heavy (non-hydrogen) atoms. The van der Waals surface area contributed by atoms with E-state index in [1.165, 1.54) is 0 Å². The lowest BCUT2D eigenvalue weighted by Crippen LogP contribution is -2.33. The number of rotatable bonds is 6. The SMILES string of the molecule is CCC(C)(O)CNc1nc(C)cc(OC(C)C)n1. The van der Waals surface area contributed by atoms with Crippen molar-refractivity contribution in [3.05, 3.63) is 11.8 Å². The van der Waals surface area contributed by atoms with Crippen LogP contribution >= 0.6 is 0 Å². The number of nitrogens with one attached hydrogen (secondary N) is 1. The lowest BCUT2D eigenvalue weighted by Gasteiger charge is -2.21. The van der Waals surface area contributed by atoms with Crippen LogP contribution in [-0.4, -0.2) is 33.3 Å². The number of anilines is 1. The fraction of sp³-hybridized carbons (Fsp3) is 0.692. The molecule has 0 fully saturated rings.